The number of benzene rings is 2. The standard InChI is InChI=1S/C24H27N5O/c30-24(28-13-5-2-6-14-28)23-26-25-22-18-27(15-16-29(22)23)17-19-9-11-21(12-10-19)20-7-3-1-4-8-20/h1,3-4,7-12H,2,5-6,13-18H2. The van der Waals surface area contributed by atoms with Crippen LogP contribution in [0, 0.1) is 0 Å². The van der Waals surface area contributed by atoms with Crippen molar-refractivity contribution < 1.29 is 4.79 Å². The van der Waals surface area contributed by atoms with E-state index in [0.717, 1.165) is 57.9 Å². The van der Waals surface area contributed by atoms with Gasteiger partial charge in [0.2, 0.25) is 5.82 Å². The Kier molecular flexibility index (Phi) is 5.32. The summed E-state index contributed by atoms with van der Waals surface area (Å²) in [6, 6.07) is 19.2. The topological polar surface area (TPSA) is 54.3 Å². The van der Waals surface area contributed by atoms with E-state index in [1.165, 1.54) is 23.1 Å². The smallest absolute Gasteiger partial charge is 0.291 e. The Balaban J connectivity index is 1.24. The van der Waals surface area contributed by atoms with E-state index in [4.69, 9.17) is 0 Å². The minimum absolute atomic E-state index is 0.0402. The third-order valence-corrected chi connectivity index (χ3v) is 6.13. The predicted molar refractivity (Wildman–Crippen MR) is 116 cm³/mol. The Morgan fingerprint density at radius 1 is 0.800 bits per heavy atom. The molecule has 154 valence electrons. The molecule has 0 aliphatic carbocycles. The number of hydrogen-bond donors (Lipinski definition) is 0. The van der Waals surface area contributed by atoms with Gasteiger partial charge in [0.15, 0.2) is 0 Å². The average molecular weight is 402 g/mol. The van der Waals surface area contributed by atoms with E-state index in [9.17, 15) is 4.79 Å². The lowest BCUT2D eigenvalue weighted by molar-refractivity contribution is 0.0702. The summed E-state index contributed by atoms with van der Waals surface area (Å²) in [4.78, 5) is 17.1. The first-order chi connectivity index (χ1) is 14.8. The van der Waals surface area contributed by atoms with Gasteiger partial charge in [-0.2, -0.15) is 0 Å². The molecule has 0 spiro atoms. The van der Waals surface area contributed by atoms with Gasteiger partial charge in [0.05, 0.1) is 6.54 Å². The summed E-state index contributed by atoms with van der Waals surface area (Å²) in [5, 5.41) is 8.60. The molecule has 0 radical (unpaired) electrons. The van der Waals surface area contributed by atoms with Gasteiger partial charge >= 0.3 is 0 Å². The van der Waals surface area contributed by atoms with Crippen molar-refractivity contribution in [2.24, 2.45) is 0 Å². The molecule has 2 aromatic carbocycles. The van der Waals surface area contributed by atoms with E-state index in [1.54, 1.807) is 0 Å². The normalized spacial score (nSPS) is 17.0. The molecule has 3 heterocycles. The maximum Gasteiger partial charge on any atom is 0.291 e. The fourth-order valence-corrected chi connectivity index (χ4v) is 4.43. The zero-order valence-electron chi connectivity index (χ0n) is 17.2. The van der Waals surface area contributed by atoms with Crippen molar-refractivity contribution in [1.29, 1.82) is 0 Å². The van der Waals surface area contributed by atoms with Gasteiger partial charge in [0.1, 0.15) is 5.82 Å². The van der Waals surface area contributed by atoms with Gasteiger partial charge in [-0.15, -0.1) is 10.2 Å². The third-order valence-electron chi connectivity index (χ3n) is 6.13. The highest BCUT2D eigenvalue weighted by molar-refractivity contribution is 5.90. The summed E-state index contributed by atoms with van der Waals surface area (Å²) in [5.74, 6) is 1.44. The van der Waals surface area contributed by atoms with Crippen LogP contribution < -0.4 is 0 Å². The van der Waals surface area contributed by atoms with Gasteiger partial charge in [-0.05, 0) is 36.0 Å². The van der Waals surface area contributed by atoms with Crippen molar-refractivity contribution in [2.75, 3.05) is 19.6 Å². The van der Waals surface area contributed by atoms with Crippen LogP contribution in [0.3, 0.4) is 0 Å². The lowest BCUT2D eigenvalue weighted by atomic mass is 10.0. The molecule has 3 aromatic rings. The van der Waals surface area contributed by atoms with Crippen molar-refractivity contribution in [3.8, 4) is 11.1 Å². The molecule has 0 saturated carbocycles. The Morgan fingerprint density at radius 3 is 2.30 bits per heavy atom. The summed E-state index contributed by atoms with van der Waals surface area (Å²) in [7, 11) is 0. The molecule has 1 saturated heterocycles. The second kappa shape index (κ2) is 8.40. The number of rotatable bonds is 4. The molecule has 2 aliphatic heterocycles. The number of amides is 1. The van der Waals surface area contributed by atoms with Crippen LogP contribution >= 0.6 is 0 Å². The number of nitrogens with zero attached hydrogens (tertiary/aromatic N) is 5. The second-order valence-corrected chi connectivity index (χ2v) is 8.22. The monoisotopic (exact) mass is 401 g/mol. The first-order valence-corrected chi connectivity index (χ1v) is 10.9. The summed E-state index contributed by atoms with van der Waals surface area (Å²) >= 11 is 0. The zero-order valence-corrected chi connectivity index (χ0v) is 17.2. The lowest BCUT2D eigenvalue weighted by Gasteiger charge is -2.29. The number of fused-ring (bicyclic) bond motifs is 1. The molecule has 1 fully saturated rings. The summed E-state index contributed by atoms with van der Waals surface area (Å²) in [6.45, 7) is 4.93. The van der Waals surface area contributed by atoms with Crippen molar-refractivity contribution in [1.82, 2.24) is 24.6 Å². The second-order valence-electron chi connectivity index (χ2n) is 8.22. The van der Waals surface area contributed by atoms with Crippen LogP contribution in [0.4, 0.5) is 0 Å². The van der Waals surface area contributed by atoms with Crippen molar-refractivity contribution in [3.05, 3.63) is 71.8 Å². The number of carbonyl (C=O) groups excluding carboxylic acids is 1. The van der Waals surface area contributed by atoms with Gasteiger partial charge in [-0.1, -0.05) is 54.6 Å². The largest absolute Gasteiger partial charge is 0.336 e. The van der Waals surface area contributed by atoms with Crippen LogP contribution in [0.25, 0.3) is 11.1 Å². The molecule has 0 bridgehead atoms. The molecular formula is C24H27N5O. The third kappa shape index (κ3) is 3.87. The van der Waals surface area contributed by atoms with Gasteiger partial charge in [-0.3, -0.25) is 9.69 Å². The Labute approximate surface area is 177 Å². The Bertz CT molecular complexity index is 1010. The van der Waals surface area contributed by atoms with Gasteiger partial charge in [-0.25, -0.2) is 0 Å². The molecule has 0 N–H and O–H groups in total. The summed E-state index contributed by atoms with van der Waals surface area (Å²) < 4.78 is 2.02. The molecule has 0 unspecified atom stereocenters. The first kappa shape index (κ1) is 19.0. The molecule has 1 amide bonds. The highest BCUT2D eigenvalue weighted by atomic mass is 16.2. The van der Waals surface area contributed by atoms with E-state index in [1.807, 2.05) is 15.5 Å². The van der Waals surface area contributed by atoms with Crippen LogP contribution in [0.5, 0.6) is 0 Å². The summed E-state index contributed by atoms with van der Waals surface area (Å²) in [6.07, 6.45) is 3.39. The SMILES string of the molecule is O=C(c1nnc2n1CCN(Cc1ccc(-c3ccccc3)cc1)C2)N1CCCCC1. The van der Waals surface area contributed by atoms with Crippen molar-refractivity contribution in [3.63, 3.8) is 0 Å². The predicted octanol–water partition coefficient (Wildman–Crippen LogP) is 3.59. The maximum absolute atomic E-state index is 12.8. The van der Waals surface area contributed by atoms with Crippen LogP contribution in [-0.2, 0) is 19.6 Å². The van der Waals surface area contributed by atoms with E-state index < -0.39 is 0 Å². The van der Waals surface area contributed by atoms with Gasteiger partial charge < -0.3 is 9.47 Å². The number of piperidine rings is 1. The quantitative estimate of drug-likeness (QED) is 0.670. The minimum atomic E-state index is 0.0402. The molecule has 6 heteroatoms. The van der Waals surface area contributed by atoms with Crippen LogP contribution in [0.15, 0.2) is 54.6 Å². The van der Waals surface area contributed by atoms with E-state index >= 15 is 0 Å². The number of carbonyl (C=O) groups is 1. The van der Waals surface area contributed by atoms with Gasteiger partial charge in [0.25, 0.3) is 5.91 Å². The fourth-order valence-electron chi connectivity index (χ4n) is 4.43. The molecule has 1 aromatic heterocycles. The number of likely N-dealkylation sites (tertiary alicyclic amines) is 1. The molecular weight excluding hydrogens is 374 g/mol. The van der Waals surface area contributed by atoms with Crippen LogP contribution in [0.1, 0.15) is 41.3 Å². The molecule has 30 heavy (non-hydrogen) atoms. The number of aromatic nitrogens is 3. The number of hydrogen-bond acceptors (Lipinski definition) is 4. The van der Waals surface area contributed by atoms with E-state index in [-0.39, 0.29) is 5.91 Å². The van der Waals surface area contributed by atoms with Crippen molar-refractivity contribution in [2.45, 2.75) is 38.9 Å². The zero-order chi connectivity index (χ0) is 20.3. The first-order valence-electron chi connectivity index (χ1n) is 10.9. The highest BCUT2D eigenvalue weighted by Gasteiger charge is 2.28. The Morgan fingerprint density at radius 2 is 1.53 bits per heavy atom. The lowest BCUT2D eigenvalue weighted by Crippen LogP contribution is -2.39. The average Bonchev–Trinajstić information content (AvgIpc) is 3.23. The minimum Gasteiger partial charge on any atom is -0.336 e. The van der Waals surface area contributed by atoms with E-state index in [2.05, 4.69) is 63.6 Å². The van der Waals surface area contributed by atoms with Crippen LogP contribution in [-0.4, -0.2) is 50.1 Å². The van der Waals surface area contributed by atoms with Gasteiger partial charge in [0, 0.05) is 32.7 Å². The molecule has 6 nitrogen and oxygen atoms in total. The van der Waals surface area contributed by atoms with E-state index in [0.29, 0.717) is 5.82 Å². The molecule has 2 aliphatic rings. The summed E-state index contributed by atoms with van der Waals surface area (Å²) in [5.41, 5.74) is 3.76. The Hall–Kier alpha value is -2.99. The molecule has 5 rings (SSSR count). The van der Waals surface area contributed by atoms with Crippen molar-refractivity contribution >= 4 is 5.91 Å². The maximum atomic E-state index is 12.8. The highest BCUT2D eigenvalue weighted by Crippen LogP contribution is 2.21. The fraction of sp³-hybridized carbons (Fsp3) is 0.375. The molecule has 0 atom stereocenters. The van der Waals surface area contributed by atoms with Crippen LogP contribution in [0.2, 0.25) is 0 Å².